The van der Waals surface area contributed by atoms with Gasteiger partial charge in [-0.15, -0.1) is 0 Å². The summed E-state index contributed by atoms with van der Waals surface area (Å²) >= 11 is 0. The molecule has 1 fully saturated rings. The van der Waals surface area contributed by atoms with Gasteiger partial charge in [0.25, 0.3) is 0 Å². The minimum absolute atomic E-state index is 0.0346. The van der Waals surface area contributed by atoms with E-state index in [0.29, 0.717) is 18.7 Å². The highest BCUT2D eigenvalue weighted by atomic mass is 32.2. The van der Waals surface area contributed by atoms with Crippen molar-refractivity contribution in [3.8, 4) is 0 Å². The molecule has 0 spiro atoms. The Hall–Kier alpha value is -0.980. The maximum atomic E-state index is 13.5. The topological polar surface area (TPSA) is 49.4 Å². The number of likely N-dealkylation sites (N-methyl/N-ethyl adjacent to an activating group) is 1. The fourth-order valence-corrected chi connectivity index (χ4v) is 3.82. The van der Waals surface area contributed by atoms with Crippen molar-refractivity contribution in [2.24, 2.45) is 0 Å². The Morgan fingerprint density at radius 1 is 1.42 bits per heavy atom. The molecule has 0 amide bonds. The van der Waals surface area contributed by atoms with E-state index in [1.807, 2.05) is 7.05 Å². The normalized spacial score (nSPS) is 21.5. The first kappa shape index (κ1) is 14.4. The van der Waals surface area contributed by atoms with E-state index in [1.54, 1.807) is 6.92 Å². The molecule has 0 aliphatic carbocycles. The lowest BCUT2D eigenvalue weighted by atomic mass is 10.1. The summed E-state index contributed by atoms with van der Waals surface area (Å²) in [5.74, 6) is -0.483. The minimum atomic E-state index is -3.59. The predicted molar refractivity (Wildman–Crippen MR) is 72.0 cm³/mol. The second-order valence-electron chi connectivity index (χ2n) is 4.90. The molecule has 19 heavy (non-hydrogen) atoms. The van der Waals surface area contributed by atoms with Crippen LogP contribution in [0.4, 0.5) is 4.39 Å². The second kappa shape index (κ2) is 5.56. The molecule has 0 radical (unpaired) electrons. The third-order valence-electron chi connectivity index (χ3n) is 3.57. The first-order valence-electron chi connectivity index (χ1n) is 6.38. The van der Waals surface area contributed by atoms with Crippen LogP contribution in [-0.2, 0) is 10.0 Å². The van der Waals surface area contributed by atoms with Crippen molar-refractivity contribution in [2.45, 2.75) is 30.7 Å². The average molecular weight is 286 g/mol. The van der Waals surface area contributed by atoms with E-state index in [2.05, 4.69) is 5.32 Å². The van der Waals surface area contributed by atoms with Crippen LogP contribution in [0.3, 0.4) is 0 Å². The molecule has 1 N–H and O–H groups in total. The Bertz CT molecular complexity index is 560. The predicted octanol–water partition coefficient (Wildman–Crippen LogP) is 1.51. The van der Waals surface area contributed by atoms with Crippen LogP contribution in [0.1, 0.15) is 18.4 Å². The smallest absolute Gasteiger partial charge is 0.243 e. The summed E-state index contributed by atoms with van der Waals surface area (Å²) in [5.41, 5.74) is 0.450. The van der Waals surface area contributed by atoms with E-state index in [1.165, 1.54) is 16.4 Å². The fraction of sp³-hybridized carbons (Fsp3) is 0.538. The molecule has 2 rings (SSSR count). The molecule has 0 saturated carbocycles. The van der Waals surface area contributed by atoms with Gasteiger partial charge in [0.2, 0.25) is 10.0 Å². The minimum Gasteiger partial charge on any atom is -0.316 e. The van der Waals surface area contributed by atoms with Gasteiger partial charge in [-0.05, 0) is 44.5 Å². The molecule has 1 aromatic rings. The van der Waals surface area contributed by atoms with Gasteiger partial charge in [0, 0.05) is 19.1 Å². The highest BCUT2D eigenvalue weighted by Gasteiger charge is 2.29. The van der Waals surface area contributed by atoms with E-state index >= 15 is 0 Å². The van der Waals surface area contributed by atoms with Crippen LogP contribution in [0.15, 0.2) is 23.1 Å². The summed E-state index contributed by atoms with van der Waals surface area (Å²) in [7, 11) is -1.77. The van der Waals surface area contributed by atoms with E-state index in [-0.39, 0.29) is 10.9 Å². The van der Waals surface area contributed by atoms with Crippen molar-refractivity contribution in [1.29, 1.82) is 0 Å². The van der Waals surface area contributed by atoms with Gasteiger partial charge in [-0.1, -0.05) is 6.07 Å². The van der Waals surface area contributed by atoms with Crippen molar-refractivity contribution in [1.82, 2.24) is 9.62 Å². The molecule has 0 aromatic heterocycles. The molecule has 106 valence electrons. The Morgan fingerprint density at radius 3 is 2.79 bits per heavy atom. The van der Waals surface area contributed by atoms with Crippen LogP contribution in [0, 0.1) is 12.7 Å². The largest absolute Gasteiger partial charge is 0.316 e. The van der Waals surface area contributed by atoms with Crippen LogP contribution < -0.4 is 5.32 Å². The van der Waals surface area contributed by atoms with Crippen LogP contribution >= 0.6 is 0 Å². The van der Waals surface area contributed by atoms with Crippen LogP contribution in [0.25, 0.3) is 0 Å². The lowest BCUT2D eigenvalue weighted by molar-refractivity contribution is 0.293. The molecule has 6 heteroatoms. The molecule has 1 heterocycles. The number of hydrogen-bond acceptors (Lipinski definition) is 3. The molecular formula is C13H19FN2O2S. The van der Waals surface area contributed by atoms with Gasteiger partial charge in [-0.3, -0.25) is 0 Å². The number of rotatable bonds is 3. The number of aryl methyl sites for hydroxylation is 1. The zero-order chi connectivity index (χ0) is 14.0. The third-order valence-corrected chi connectivity index (χ3v) is 5.43. The van der Waals surface area contributed by atoms with Crippen molar-refractivity contribution < 1.29 is 12.8 Å². The number of sulfonamides is 1. The van der Waals surface area contributed by atoms with Crippen molar-refractivity contribution in [2.75, 3.05) is 20.1 Å². The fourth-order valence-electron chi connectivity index (χ4n) is 2.28. The van der Waals surface area contributed by atoms with Crippen LogP contribution in [-0.4, -0.2) is 38.9 Å². The van der Waals surface area contributed by atoms with Crippen molar-refractivity contribution in [3.05, 3.63) is 29.6 Å². The summed E-state index contributed by atoms with van der Waals surface area (Å²) in [6, 6.07) is 4.24. The van der Waals surface area contributed by atoms with Crippen LogP contribution in [0.2, 0.25) is 0 Å². The van der Waals surface area contributed by atoms with E-state index in [9.17, 15) is 12.8 Å². The molecule has 0 bridgehead atoms. The molecule has 1 aliphatic heterocycles. The number of piperidine rings is 1. The molecular weight excluding hydrogens is 267 g/mol. The van der Waals surface area contributed by atoms with Gasteiger partial charge in [0.15, 0.2) is 0 Å². The van der Waals surface area contributed by atoms with Gasteiger partial charge in [0.05, 0.1) is 4.90 Å². The van der Waals surface area contributed by atoms with Crippen molar-refractivity contribution >= 4 is 10.0 Å². The monoisotopic (exact) mass is 286 g/mol. The van der Waals surface area contributed by atoms with Gasteiger partial charge >= 0.3 is 0 Å². The zero-order valence-corrected chi connectivity index (χ0v) is 12.0. The highest BCUT2D eigenvalue weighted by Crippen LogP contribution is 2.22. The van der Waals surface area contributed by atoms with Crippen molar-refractivity contribution in [3.63, 3.8) is 0 Å². The number of hydrogen-bond donors (Lipinski definition) is 1. The van der Waals surface area contributed by atoms with E-state index in [4.69, 9.17) is 0 Å². The van der Waals surface area contributed by atoms with Gasteiger partial charge in [0.1, 0.15) is 5.82 Å². The number of halogens is 1. The molecule has 0 unspecified atom stereocenters. The summed E-state index contributed by atoms with van der Waals surface area (Å²) in [6.45, 7) is 2.55. The number of benzene rings is 1. The standard InChI is InChI=1S/C13H19FN2O2S/c1-10-5-6-12(8-13(10)14)19(17,18)16-7-3-4-11(9-16)15-2/h5-6,8,11,15H,3-4,7,9H2,1-2H3/t11-/m1/s1. The summed E-state index contributed by atoms with van der Waals surface area (Å²) < 4.78 is 39.8. The SMILES string of the molecule is CN[C@@H]1CCCN(S(=O)(=O)c2ccc(C)c(F)c2)C1. The maximum absolute atomic E-state index is 13.5. The molecule has 1 saturated heterocycles. The molecule has 1 atom stereocenters. The highest BCUT2D eigenvalue weighted by molar-refractivity contribution is 7.89. The first-order chi connectivity index (χ1) is 8.95. The summed E-state index contributed by atoms with van der Waals surface area (Å²) in [4.78, 5) is 0.0346. The van der Waals surface area contributed by atoms with Gasteiger partial charge in [-0.25, -0.2) is 12.8 Å². The quantitative estimate of drug-likeness (QED) is 0.916. The Morgan fingerprint density at radius 2 is 2.16 bits per heavy atom. The molecule has 4 nitrogen and oxygen atoms in total. The third kappa shape index (κ3) is 2.96. The maximum Gasteiger partial charge on any atom is 0.243 e. The van der Waals surface area contributed by atoms with Gasteiger partial charge in [-0.2, -0.15) is 4.31 Å². The lowest BCUT2D eigenvalue weighted by Crippen LogP contribution is -2.46. The summed E-state index contributed by atoms with van der Waals surface area (Å²) in [6.07, 6.45) is 1.78. The molecule has 1 aromatic carbocycles. The second-order valence-corrected chi connectivity index (χ2v) is 6.84. The van der Waals surface area contributed by atoms with E-state index < -0.39 is 15.8 Å². The Kier molecular flexibility index (Phi) is 4.23. The summed E-state index contributed by atoms with van der Waals surface area (Å²) in [5, 5.41) is 3.10. The van der Waals surface area contributed by atoms with E-state index in [0.717, 1.165) is 18.9 Å². The Labute approximate surface area is 113 Å². The van der Waals surface area contributed by atoms with Gasteiger partial charge < -0.3 is 5.32 Å². The average Bonchev–Trinajstić information content (AvgIpc) is 2.41. The number of nitrogens with zero attached hydrogens (tertiary/aromatic N) is 1. The molecule has 1 aliphatic rings. The lowest BCUT2D eigenvalue weighted by Gasteiger charge is -2.31. The Balaban J connectivity index is 2.28. The zero-order valence-electron chi connectivity index (χ0n) is 11.2. The first-order valence-corrected chi connectivity index (χ1v) is 7.82. The van der Waals surface area contributed by atoms with Crippen LogP contribution in [0.5, 0.6) is 0 Å². The number of nitrogens with one attached hydrogen (secondary N) is 1.